The topological polar surface area (TPSA) is 33.1 Å². The van der Waals surface area contributed by atoms with Gasteiger partial charge in [0.2, 0.25) is 0 Å². The predicted molar refractivity (Wildman–Crippen MR) is 78.1 cm³/mol. The zero-order chi connectivity index (χ0) is 13.0. The van der Waals surface area contributed by atoms with Crippen LogP contribution >= 0.6 is 11.8 Å². The van der Waals surface area contributed by atoms with Crippen LogP contribution in [0.2, 0.25) is 0 Å². The maximum atomic E-state index is 4.58. The van der Waals surface area contributed by atoms with Crippen molar-refractivity contribution in [1.82, 2.24) is 19.8 Å². The highest BCUT2D eigenvalue weighted by Gasteiger charge is 2.31. The Hall–Kier alpha value is -0.520. The molecule has 0 radical (unpaired) electrons. The Labute approximate surface area is 114 Å². The molecule has 1 N–H and O–H groups in total. The highest BCUT2D eigenvalue weighted by Crippen LogP contribution is 2.26. The second-order valence-electron chi connectivity index (χ2n) is 4.73. The fourth-order valence-corrected chi connectivity index (χ4v) is 3.81. The number of aryl methyl sites for hydroxylation is 1. The monoisotopic (exact) mass is 268 g/mol. The summed E-state index contributed by atoms with van der Waals surface area (Å²) in [5, 5.41) is 3.62. The van der Waals surface area contributed by atoms with Gasteiger partial charge < -0.3 is 9.88 Å². The van der Waals surface area contributed by atoms with Crippen LogP contribution in [0.25, 0.3) is 0 Å². The maximum Gasteiger partial charge on any atom is 0.127 e. The molecule has 1 saturated heterocycles. The molecule has 1 aromatic rings. The average Bonchev–Trinajstić information content (AvgIpc) is 2.85. The largest absolute Gasteiger partial charge is 0.334 e. The molecule has 2 heterocycles. The van der Waals surface area contributed by atoms with Crippen LogP contribution in [-0.2, 0) is 6.54 Å². The van der Waals surface area contributed by atoms with Gasteiger partial charge >= 0.3 is 0 Å². The number of imidazole rings is 1. The van der Waals surface area contributed by atoms with Crippen molar-refractivity contribution in [3.05, 3.63) is 18.2 Å². The Bertz CT molecular complexity index is 366. The van der Waals surface area contributed by atoms with Crippen LogP contribution in [0.1, 0.15) is 25.7 Å². The molecule has 2 unspecified atom stereocenters. The first kappa shape index (κ1) is 13.9. The molecule has 4 nitrogen and oxygen atoms in total. The number of nitrogens with one attached hydrogen (secondary N) is 1. The van der Waals surface area contributed by atoms with Crippen molar-refractivity contribution in [2.75, 3.05) is 31.6 Å². The van der Waals surface area contributed by atoms with Crippen LogP contribution in [0.4, 0.5) is 0 Å². The quantitative estimate of drug-likeness (QED) is 0.879. The summed E-state index contributed by atoms with van der Waals surface area (Å²) in [6.45, 7) is 7.48. The van der Waals surface area contributed by atoms with Gasteiger partial charge in [-0.1, -0.05) is 6.92 Å². The van der Waals surface area contributed by atoms with Crippen molar-refractivity contribution in [3.63, 3.8) is 0 Å². The number of hydrogen-bond donors (Lipinski definition) is 1. The van der Waals surface area contributed by atoms with Gasteiger partial charge in [-0.25, -0.2) is 4.98 Å². The van der Waals surface area contributed by atoms with E-state index in [2.05, 4.69) is 58.6 Å². The second-order valence-corrected chi connectivity index (χ2v) is 5.88. The molecule has 1 aliphatic heterocycles. The molecule has 5 heteroatoms. The van der Waals surface area contributed by atoms with E-state index in [-0.39, 0.29) is 0 Å². The lowest BCUT2D eigenvalue weighted by molar-refractivity contribution is 0.209. The van der Waals surface area contributed by atoms with E-state index in [1.165, 1.54) is 23.9 Å². The number of hydrogen-bond acceptors (Lipinski definition) is 4. The third-order valence-corrected chi connectivity index (χ3v) is 4.67. The van der Waals surface area contributed by atoms with E-state index in [0.29, 0.717) is 12.1 Å². The molecular formula is C13H24N4S. The van der Waals surface area contributed by atoms with Crippen LogP contribution in [0.5, 0.6) is 0 Å². The van der Waals surface area contributed by atoms with E-state index in [1.54, 1.807) is 0 Å². The van der Waals surface area contributed by atoms with E-state index in [0.717, 1.165) is 13.1 Å². The molecule has 1 fully saturated rings. The summed E-state index contributed by atoms with van der Waals surface area (Å²) < 4.78 is 2.25. The van der Waals surface area contributed by atoms with Crippen molar-refractivity contribution in [3.8, 4) is 0 Å². The number of thioether (sulfide) groups is 1. The van der Waals surface area contributed by atoms with E-state index >= 15 is 0 Å². The summed E-state index contributed by atoms with van der Waals surface area (Å²) in [6.07, 6.45) is 3.99. The lowest BCUT2D eigenvalue weighted by atomic mass is 10.1. The molecule has 0 aliphatic carbocycles. The van der Waals surface area contributed by atoms with Gasteiger partial charge in [0.1, 0.15) is 5.82 Å². The van der Waals surface area contributed by atoms with Crippen molar-refractivity contribution in [2.24, 2.45) is 0 Å². The SMILES string of the molecule is CCNC(c1nccn1CC)C1CSCCN1C. The van der Waals surface area contributed by atoms with Crippen molar-refractivity contribution in [2.45, 2.75) is 32.5 Å². The normalized spacial score (nSPS) is 23.2. The van der Waals surface area contributed by atoms with Crippen LogP contribution < -0.4 is 5.32 Å². The molecule has 1 aromatic heterocycles. The Morgan fingerprint density at radius 3 is 3.06 bits per heavy atom. The van der Waals surface area contributed by atoms with E-state index in [1.807, 2.05) is 6.20 Å². The van der Waals surface area contributed by atoms with Crippen LogP contribution in [0, 0.1) is 0 Å². The summed E-state index contributed by atoms with van der Waals surface area (Å²) in [5.74, 6) is 3.61. The molecule has 0 amide bonds. The lowest BCUT2D eigenvalue weighted by Gasteiger charge is -2.37. The van der Waals surface area contributed by atoms with Gasteiger partial charge in [-0.3, -0.25) is 4.90 Å². The zero-order valence-electron chi connectivity index (χ0n) is 11.6. The van der Waals surface area contributed by atoms with Gasteiger partial charge in [0.15, 0.2) is 0 Å². The van der Waals surface area contributed by atoms with Crippen LogP contribution in [0.15, 0.2) is 12.4 Å². The highest BCUT2D eigenvalue weighted by atomic mass is 32.2. The zero-order valence-corrected chi connectivity index (χ0v) is 12.4. The van der Waals surface area contributed by atoms with Gasteiger partial charge in [-0.15, -0.1) is 0 Å². The smallest absolute Gasteiger partial charge is 0.127 e. The first-order chi connectivity index (χ1) is 8.77. The second kappa shape index (κ2) is 6.59. The summed E-state index contributed by atoms with van der Waals surface area (Å²) in [4.78, 5) is 7.05. The van der Waals surface area contributed by atoms with Crippen molar-refractivity contribution >= 4 is 11.8 Å². The third-order valence-electron chi connectivity index (χ3n) is 3.62. The minimum Gasteiger partial charge on any atom is -0.334 e. The van der Waals surface area contributed by atoms with E-state index < -0.39 is 0 Å². The maximum absolute atomic E-state index is 4.58. The van der Waals surface area contributed by atoms with E-state index in [9.17, 15) is 0 Å². The number of rotatable bonds is 5. The van der Waals surface area contributed by atoms with Crippen LogP contribution in [-0.4, -0.2) is 52.1 Å². The Balaban J connectivity index is 2.21. The fraction of sp³-hybridized carbons (Fsp3) is 0.769. The Morgan fingerprint density at radius 2 is 2.39 bits per heavy atom. The molecule has 2 atom stereocenters. The third kappa shape index (κ3) is 2.90. The average molecular weight is 268 g/mol. The number of nitrogens with zero attached hydrogens (tertiary/aromatic N) is 3. The van der Waals surface area contributed by atoms with Crippen molar-refractivity contribution < 1.29 is 0 Å². The molecule has 1 aliphatic rings. The molecular weight excluding hydrogens is 244 g/mol. The van der Waals surface area contributed by atoms with E-state index in [4.69, 9.17) is 0 Å². The van der Waals surface area contributed by atoms with Crippen LogP contribution in [0.3, 0.4) is 0 Å². The number of aromatic nitrogens is 2. The standard InChI is InChI=1S/C13H24N4S/c1-4-14-12(11-10-18-9-8-16(11)3)13-15-6-7-17(13)5-2/h6-7,11-12,14H,4-5,8-10H2,1-3H3. The Morgan fingerprint density at radius 1 is 1.56 bits per heavy atom. The van der Waals surface area contributed by atoms with Crippen molar-refractivity contribution in [1.29, 1.82) is 0 Å². The minimum atomic E-state index is 0.336. The van der Waals surface area contributed by atoms with Gasteiger partial charge in [0.05, 0.1) is 6.04 Å². The van der Waals surface area contributed by atoms with Gasteiger partial charge in [-0.2, -0.15) is 11.8 Å². The van der Waals surface area contributed by atoms with Gasteiger partial charge in [0, 0.05) is 43.0 Å². The Kier molecular flexibility index (Phi) is 5.09. The molecule has 2 rings (SSSR count). The summed E-state index contributed by atoms with van der Waals surface area (Å²) in [6, 6.07) is 0.874. The molecule has 18 heavy (non-hydrogen) atoms. The summed E-state index contributed by atoms with van der Waals surface area (Å²) in [7, 11) is 2.23. The summed E-state index contributed by atoms with van der Waals surface area (Å²) in [5.41, 5.74) is 0. The molecule has 0 spiro atoms. The first-order valence-electron chi connectivity index (χ1n) is 6.80. The predicted octanol–water partition coefficient (Wildman–Crippen LogP) is 1.60. The molecule has 102 valence electrons. The lowest BCUT2D eigenvalue weighted by Crippen LogP contribution is -2.48. The number of likely N-dealkylation sites (N-methyl/N-ethyl adjacent to an activating group) is 2. The highest BCUT2D eigenvalue weighted by molar-refractivity contribution is 7.99. The first-order valence-corrected chi connectivity index (χ1v) is 7.95. The van der Waals surface area contributed by atoms with Gasteiger partial charge in [-0.05, 0) is 20.5 Å². The minimum absolute atomic E-state index is 0.336. The fourth-order valence-electron chi connectivity index (χ4n) is 2.54. The summed E-state index contributed by atoms with van der Waals surface area (Å²) >= 11 is 2.05. The molecule has 0 saturated carbocycles. The molecule has 0 bridgehead atoms. The van der Waals surface area contributed by atoms with Gasteiger partial charge in [0.25, 0.3) is 0 Å². The molecule has 0 aromatic carbocycles.